The van der Waals surface area contributed by atoms with Crippen LogP contribution >= 0.6 is 11.8 Å². The molecule has 0 aliphatic heterocycles. The van der Waals surface area contributed by atoms with E-state index in [1.165, 1.54) is 11.8 Å². The van der Waals surface area contributed by atoms with E-state index in [-0.39, 0.29) is 11.1 Å². The van der Waals surface area contributed by atoms with Crippen molar-refractivity contribution in [3.63, 3.8) is 0 Å². The van der Waals surface area contributed by atoms with E-state index in [1.54, 1.807) is 6.92 Å². The van der Waals surface area contributed by atoms with Gasteiger partial charge in [-0.3, -0.25) is 4.79 Å². The molecule has 3 N–H and O–H groups in total. The van der Waals surface area contributed by atoms with Crippen LogP contribution in [0.1, 0.15) is 6.92 Å². The summed E-state index contributed by atoms with van der Waals surface area (Å²) < 4.78 is 0. The Hall–Kier alpha value is -0.220. The molecule has 0 saturated heterocycles. The van der Waals surface area contributed by atoms with Crippen LogP contribution in [0.2, 0.25) is 0 Å². The summed E-state index contributed by atoms with van der Waals surface area (Å²) in [4.78, 5) is 9.83. The number of carboxylic acids is 1. The number of carboxylic acid groups (broad SMARTS) is 1. The highest BCUT2D eigenvalue weighted by atomic mass is 32.2. The van der Waals surface area contributed by atoms with Crippen LogP contribution in [0.5, 0.6) is 0 Å². The first-order chi connectivity index (χ1) is 3.63. The van der Waals surface area contributed by atoms with Crippen LogP contribution < -0.4 is 5.73 Å². The molecule has 4 heteroatoms. The third-order valence-electron chi connectivity index (χ3n) is 0.470. The summed E-state index contributed by atoms with van der Waals surface area (Å²) in [5.41, 5.74) is 5.24. The van der Waals surface area contributed by atoms with Crippen LogP contribution in [0, 0.1) is 0 Å². The van der Waals surface area contributed by atoms with Gasteiger partial charge in [-0.05, 0) is 6.92 Å². The highest BCUT2D eigenvalue weighted by Gasteiger charge is 1.98. The van der Waals surface area contributed by atoms with Gasteiger partial charge < -0.3 is 10.8 Å². The smallest absolute Gasteiger partial charge is 0.313 e. The van der Waals surface area contributed by atoms with Crippen molar-refractivity contribution < 1.29 is 9.90 Å². The number of nitrogens with two attached hydrogens (primary N) is 1. The van der Waals surface area contributed by atoms with Crippen molar-refractivity contribution in [3.05, 3.63) is 0 Å². The van der Waals surface area contributed by atoms with Crippen molar-refractivity contribution in [3.8, 4) is 0 Å². The van der Waals surface area contributed by atoms with Gasteiger partial charge in [0.15, 0.2) is 0 Å². The monoisotopic (exact) mass is 135 g/mol. The number of rotatable bonds is 3. The molecule has 8 heavy (non-hydrogen) atoms. The molecule has 0 amide bonds. The van der Waals surface area contributed by atoms with E-state index in [1.807, 2.05) is 0 Å². The Morgan fingerprint density at radius 3 is 2.62 bits per heavy atom. The Labute approximate surface area is 52.3 Å². The fraction of sp³-hybridized carbons (Fsp3) is 0.750. The third-order valence-corrected chi connectivity index (χ3v) is 1.41. The lowest BCUT2D eigenvalue weighted by Crippen LogP contribution is -2.12. The average Bonchev–Trinajstić information content (AvgIpc) is 1.61. The molecule has 1 unspecified atom stereocenters. The van der Waals surface area contributed by atoms with Gasteiger partial charge in [-0.1, -0.05) is 0 Å². The molecule has 0 aromatic heterocycles. The average molecular weight is 135 g/mol. The largest absolute Gasteiger partial charge is 0.481 e. The molecule has 0 spiro atoms. The fourth-order valence-electron chi connectivity index (χ4n) is 0.203. The minimum atomic E-state index is -0.813. The summed E-state index contributed by atoms with van der Waals surface area (Å²) in [6, 6.07) is 0. The predicted molar refractivity (Wildman–Crippen MR) is 33.7 cm³/mol. The summed E-state index contributed by atoms with van der Waals surface area (Å²) in [5, 5.41) is 8.01. The summed E-state index contributed by atoms with van der Waals surface area (Å²) in [7, 11) is 0. The summed E-state index contributed by atoms with van der Waals surface area (Å²) in [5.74, 6) is -0.718. The molecule has 0 aliphatic rings. The maximum Gasteiger partial charge on any atom is 0.313 e. The molecule has 0 aromatic rings. The maximum atomic E-state index is 9.83. The highest BCUT2D eigenvalue weighted by Crippen LogP contribution is 2.02. The van der Waals surface area contributed by atoms with Crippen molar-refractivity contribution in [2.24, 2.45) is 5.73 Å². The standard InChI is InChI=1S/C4H9NO2S/c1-3(5)8-2-4(6)7/h3H,2,5H2,1H3,(H,6,7). The van der Waals surface area contributed by atoms with Gasteiger partial charge in [-0.2, -0.15) is 0 Å². The second-order valence-corrected chi connectivity index (χ2v) is 2.78. The van der Waals surface area contributed by atoms with Crippen molar-refractivity contribution in [1.29, 1.82) is 0 Å². The molecule has 1 atom stereocenters. The zero-order chi connectivity index (χ0) is 6.57. The van der Waals surface area contributed by atoms with Crippen LogP contribution in [0.25, 0.3) is 0 Å². The summed E-state index contributed by atoms with van der Waals surface area (Å²) in [6.45, 7) is 1.76. The van der Waals surface area contributed by atoms with Crippen molar-refractivity contribution in [2.75, 3.05) is 5.75 Å². The lowest BCUT2D eigenvalue weighted by Gasteiger charge is -1.98. The molecule has 0 aliphatic carbocycles. The Balaban J connectivity index is 3.05. The highest BCUT2D eigenvalue weighted by molar-refractivity contribution is 8.00. The summed E-state index contributed by atoms with van der Waals surface area (Å²) in [6.07, 6.45) is 0. The van der Waals surface area contributed by atoms with E-state index in [9.17, 15) is 4.79 Å². The second kappa shape index (κ2) is 3.74. The SMILES string of the molecule is CC(N)SCC(=O)O. The molecular formula is C4H9NO2S. The Morgan fingerprint density at radius 1 is 2.00 bits per heavy atom. The van der Waals surface area contributed by atoms with E-state index in [2.05, 4.69) is 0 Å². The third kappa shape index (κ3) is 5.78. The first-order valence-corrected chi connectivity index (χ1v) is 3.27. The van der Waals surface area contributed by atoms with Gasteiger partial charge in [-0.15, -0.1) is 11.8 Å². The van der Waals surface area contributed by atoms with Crippen LogP contribution in [-0.4, -0.2) is 22.2 Å². The van der Waals surface area contributed by atoms with E-state index in [0.717, 1.165) is 0 Å². The molecule has 0 bridgehead atoms. The minimum Gasteiger partial charge on any atom is -0.481 e. The lowest BCUT2D eigenvalue weighted by molar-refractivity contribution is -0.133. The molecule has 0 heterocycles. The first kappa shape index (κ1) is 7.78. The number of carbonyl (C=O) groups is 1. The van der Waals surface area contributed by atoms with Crippen LogP contribution in [0.4, 0.5) is 0 Å². The fourth-order valence-corrected chi connectivity index (χ4v) is 0.608. The Kier molecular flexibility index (Phi) is 3.64. The van der Waals surface area contributed by atoms with Crippen molar-refractivity contribution in [1.82, 2.24) is 0 Å². The van der Waals surface area contributed by atoms with Crippen molar-refractivity contribution >= 4 is 17.7 Å². The van der Waals surface area contributed by atoms with Gasteiger partial charge in [0.2, 0.25) is 0 Å². The normalized spacial score (nSPS) is 13.2. The minimum absolute atomic E-state index is 0.0777. The van der Waals surface area contributed by atoms with Gasteiger partial charge in [0, 0.05) is 5.37 Å². The van der Waals surface area contributed by atoms with E-state index < -0.39 is 5.97 Å². The Morgan fingerprint density at radius 2 is 2.50 bits per heavy atom. The number of hydrogen-bond acceptors (Lipinski definition) is 3. The summed E-state index contributed by atoms with van der Waals surface area (Å²) >= 11 is 1.22. The molecule has 0 saturated carbocycles. The predicted octanol–water partition coefficient (Wildman–Crippen LogP) is 0.109. The zero-order valence-corrected chi connectivity index (χ0v) is 5.44. The molecule has 3 nitrogen and oxygen atoms in total. The Bertz CT molecular complexity index is 84.1. The van der Waals surface area contributed by atoms with Gasteiger partial charge in [0.1, 0.15) is 0 Å². The van der Waals surface area contributed by atoms with Gasteiger partial charge in [0.25, 0.3) is 0 Å². The molecule has 0 aromatic carbocycles. The topological polar surface area (TPSA) is 63.3 Å². The molecule has 0 rings (SSSR count). The van der Waals surface area contributed by atoms with Crippen LogP contribution in [0.3, 0.4) is 0 Å². The van der Waals surface area contributed by atoms with E-state index >= 15 is 0 Å². The van der Waals surface area contributed by atoms with E-state index in [4.69, 9.17) is 10.8 Å². The van der Waals surface area contributed by atoms with Crippen LogP contribution in [-0.2, 0) is 4.79 Å². The maximum absolute atomic E-state index is 9.83. The number of aliphatic carboxylic acids is 1. The van der Waals surface area contributed by atoms with Gasteiger partial charge in [0.05, 0.1) is 5.75 Å². The molecular weight excluding hydrogens is 126 g/mol. The zero-order valence-electron chi connectivity index (χ0n) is 4.63. The first-order valence-electron chi connectivity index (χ1n) is 2.22. The molecule has 0 radical (unpaired) electrons. The molecule has 0 fully saturated rings. The van der Waals surface area contributed by atoms with Crippen LogP contribution in [0.15, 0.2) is 0 Å². The molecule has 48 valence electrons. The lowest BCUT2D eigenvalue weighted by atomic mass is 10.8. The van der Waals surface area contributed by atoms with Gasteiger partial charge >= 0.3 is 5.97 Å². The number of thioether (sulfide) groups is 1. The van der Waals surface area contributed by atoms with Crippen molar-refractivity contribution in [2.45, 2.75) is 12.3 Å². The van der Waals surface area contributed by atoms with E-state index in [0.29, 0.717) is 0 Å². The van der Waals surface area contributed by atoms with Gasteiger partial charge in [-0.25, -0.2) is 0 Å². The quantitative estimate of drug-likeness (QED) is 0.539. The number of hydrogen-bond donors (Lipinski definition) is 2. The second-order valence-electron chi connectivity index (χ2n) is 1.41.